The maximum absolute atomic E-state index is 4.54. The Labute approximate surface area is 147 Å². The van der Waals surface area contributed by atoms with Crippen LogP contribution in [-0.4, -0.2) is 45.1 Å². The van der Waals surface area contributed by atoms with Crippen LogP contribution in [0.1, 0.15) is 31.4 Å². The van der Waals surface area contributed by atoms with E-state index in [4.69, 9.17) is 0 Å². The number of rotatable bonds is 2. The smallest absolute Gasteiger partial charge is 0.140 e. The molecule has 1 atom stereocenters. The van der Waals surface area contributed by atoms with Gasteiger partial charge < -0.3 is 20.2 Å². The van der Waals surface area contributed by atoms with E-state index in [9.17, 15) is 0 Å². The first kappa shape index (κ1) is 15.0. The highest BCUT2D eigenvalue weighted by molar-refractivity contribution is 6.01. The number of H-pyrrole nitrogens is 2. The molecular weight excluding hydrogens is 312 g/mol. The van der Waals surface area contributed by atoms with Crippen LogP contribution in [-0.2, 0) is 0 Å². The summed E-state index contributed by atoms with van der Waals surface area (Å²) in [4.78, 5) is 18.3. The largest absolute Gasteiger partial charge is 0.369 e. The molecule has 1 spiro atoms. The monoisotopic (exact) mass is 336 g/mol. The molecule has 5 rings (SSSR count). The molecule has 3 aromatic rings. The minimum atomic E-state index is 0.297. The molecule has 2 aliphatic heterocycles. The highest BCUT2D eigenvalue weighted by Gasteiger charge is 2.38. The molecule has 6 heteroatoms. The van der Waals surface area contributed by atoms with E-state index in [1.807, 2.05) is 25.5 Å². The number of nitrogens with one attached hydrogen (secondary N) is 3. The fraction of sp³-hybridized carbons (Fsp3) is 0.474. The molecule has 2 fully saturated rings. The molecule has 2 aliphatic rings. The molecule has 2 saturated heterocycles. The first-order valence-corrected chi connectivity index (χ1v) is 9.22. The maximum atomic E-state index is 4.54. The average Bonchev–Trinajstić information content (AvgIpc) is 3.34. The number of piperidine rings is 1. The van der Waals surface area contributed by atoms with Gasteiger partial charge in [0.15, 0.2) is 0 Å². The Morgan fingerprint density at radius 3 is 2.92 bits per heavy atom. The van der Waals surface area contributed by atoms with Crippen molar-refractivity contribution in [1.29, 1.82) is 0 Å². The van der Waals surface area contributed by atoms with Crippen molar-refractivity contribution >= 4 is 16.7 Å². The molecule has 1 unspecified atom stereocenters. The third kappa shape index (κ3) is 2.43. The second-order valence-electron chi connectivity index (χ2n) is 7.51. The zero-order valence-corrected chi connectivity index (χ0v) is 14.6. The summed E-state index contributed by atoms with van der Waals surface area (Å²) in [7, 11) is 0. The third-order valence-corrected chi connectivity index (χ3v) is 5.76. The standard InChI is InChI=1S/C19H24N6/c1-13-10-21-17(24-13)14-11-22-18-16(14)15(4-8-20-18)25-9-3-6-19(12-25)5-2-7-23-19/h4,8,10-11,23H,2-3,5-7,9,12H2,1H3,(H,20,22)(H,21,24). The number of aryl methyl sites for hydroxylation is 1. The van der Waals surface area contributed by atoms with Crippen molar-refractivity contribution in [2.45, 2.75) is 38.1 Å². The Kier molecular flexibility index (Phi) is 3.35. The lowest BCUT2D eigenvalue weighted by atomic mass is 9.87. The van der Waals surface area contributed by atoms with Crippen LogP contribution in [0.2, 0.25) is 0 Å². The van der Waals surface area contributed by atoms with Crippen molar-refractivity contribution in [3.63, 3.8) is 0 Å². The van der Waals surface area contributed by atoms with E-state index in [1.165, 1.54) is 36.8 Å². The van der Waals surface area contributed by atoms with Crippen LogP contribution >= 0.6 is 0 Å². The third-order valence-electron chi connectivity index (χ3n) is 5.76. The first-order valence-electron chi connectivity index (χ1n) is 9.22. The van der Waals surface area contributed by atoms with Crippen LogP contribution in [0.15, 0.2) is 24.7 Å². The fourth-order valence-corrected chi connectivity index (χ4v) is 4.59. The molecule has 0 amide bonds. The number of hydrogen-bond donors (Lipinski definition) is 3. The van der Waals surface area contributed by atoms with Crippen LogP contribution in [0.3, 0.4) is 0 Å². The van der Waals surface area contributed by atoms with Crippen LogP contribution in [0.5, 0.6) is 0 Å². The van der Waals surface area contributed by atoms with Gasteiger partial charge in [-0.15, -0.1) is 0 Å². The zero-order valence-electron chi connectivity index (χ0n) is 14.6. The van der Waals surface area contributed by atoms with Gasteiger partial charge in [0.2, 0.25) is 0 Å². The summed E-state index contributed by atoms with van der Waals surface area (Å²) in [6, 6.07) is 2.16. The molecule has 0 aromatic carbocycles. The van der Waals surface area contributed by atoms with Crippen LogP contribution in [0.4, 0.5) is 5.69 Å². The normalized spacial score (nSPS) is 23.8. The number of hydrogen-bond acceptors (Lipinski definition) is 4. The SMILES string of the molecule is Cc1cnc(-c2c[nH]c3nccc(N4CCCC5(CCCN5)C4)c23)[nH]1. The van der Waals surface area contributed by atoms with Gasteiger partial charge >= 0.3 is 0 Å². The van der Waals surface area contributed by atoms with Crippen molar-refractivity contribution in [2.75, 3.05) is 24.5 Å². The lowest BCUT2D eigenvalue weighted by Gasteiger charge is -2.42. The van der Waals surface area contributed by atoms with Crippen LogP contribution in [0.25, 0.3) is 22.4 Å². The summed E-state index contributed by atoms with van der Waals surface area (Å²) >= 11 is 0. The average molecular weight is 336 g/mol. The summed E-state index contributed by atoms with van der Waals surface area (Å²) in [5.41, 5.74) is 4.67. The van der Waals surface area contributed by atoms with Crippen LogP contribution in [0, 0.1) is 6.92 Å². The van der Waals surface area contributed by atoms with Gasteiger partial charge in [-0.1, -0.05) is 0 Å². The number of nitrogens with zero attached hydrogens (tertiary/aromatic N) is 3. The Morgan fingerprint density at radius 2 is 2.12 bits per heavy atom. The maximum Gasteiger partial charge on any atom is 0.140 e. The van der Waals surface area contributed by atoms with E-state index in [2.05, 4.69) is 36.2 Å². The van der Waals surface area contributed by atoms with Gasteiger partial charge in [0.1, 0.15) is 11.5 Å². The van der Waals surface area contributed by atoms with E-state index in [-0.39, 0.29) is 0 Å². The van der Waals surface area contributed by atoms with Crippen LogP contribution < -0.4 is 10.2 Å². The highest BCUT2D eigenvalue weighted by Crippen LogP contribution is 2.38. The van der Waals surface area contributed by atoms with Crippen molar-refractivity contribution in [2.24, 2.45) is 0 Å². The summed E-state index contributed by atoms with van der Waals surface area (Å²) in [5.74, 6) is 0.906. The summed E-state index contributed by atoms with van der Waals surface area (Å²) in [6.45, 7) is 5.36. The number of imidazole rings is 1. The zero-order chi connectivity index (χ0) is 16.9. The summed E-state index contributed by atoms with van der Waals surface area (Å²) in [5, 5.41) is 4.95. The van der Waals surface area contributed by atoms with E-state index < -0.39 is 0 Å². The van der Waals surface area contributed by atoms with E-state index in [1.54, 1.807) is 0 Å². The van der Waals surface area contributed by atoms with Gasteiger partial charge in [-0.3, -0.25) is 0 Å². The Balaban J connectivity index is 1.60. The van der Waals surface area contributed by atoms with Crippen molar-refractivity contribution in [3.05, 3.63) is 30.4 Å². The van der Waals surface area contributed by atoms with Gasteiger partial charge in [0.05, 0.1) is 11.1 Å². The predicted molar refractivity (Wildman–Crippen MR) is 99.8 cm³/mol. The Bertz CT molecular complexity index is 902. The highest BCUT2D eigenvalue weighted by atomic mass is 15.2. The number of fused-ring (bicyclic) bond motifs is 1. The lowest BCUT2D eigenvalue weighted by Crippen LogP contribution is -2.54. The molecular formula is C19H24N6. The van der Waals surface area contributed by atoms with Gasteiger partial charge in [0, 0.05) is 48.5 Å². The fourth-order valence-electron chi connectivity index (χ4n) is 4.59. The molecule has 5 heterocycles. The Hall–Kier alpha value is -2.34. The number of anilines is 1. The molecule has 0 aliphatic carbocycles. The molecule has 3 N–H and O–H groups in total. The Morgan fingerprint density at radius 1 is 1.20 bits per heavy atom. The second kappa shape index (κ2) is 5.59. The van der Waals surface area contributed by atoms with Crippen molar-refractivity contribution in [3.8, 4) is 11.4 Å². The predicted octanol–water partition coefficient (Wildman–Crippen LogP) is 2.98. The molecule has 130 valence electrons. The summed E-state index contributed by atoms with van der Waals surface area (Å²) in [6.07, 6.45) is 10.9. The minimum Gasteiger partial charge on any atom is -0.369 e. The second-order valence-corrected chi connectivity index (χ2v) is 7.51. The minimum absolute atomic E-state index is 0.297. The topological polar surface area (TPSA) is 72.6 Å². The van der Waals surface area contributed by atoms with E-state index in [0.717, 1.165) is 42.4 Å². The van der Waals surface area contributed by atoms with Crippen molar-refractivity contribution < 1.29 is 0 Å². The number of pyridine rings is 1. The van der Waals surface area contributed by atoms with Gasteiger partial charge in [-0.2, -0.15) is 0 Å². The molecule has 25 heavy (non-hydrogen) atoms. The first-order chi connectivity index (χ1) is 12.2. The van der Waals surface area contributed by atoms with Gasteiger partial charge in [-0.25, -0.2) is 9.97 Å². The van der Waals surface area contributed by atoms with Gasteiger partial charge in [0.25, 0.3) is 0 Å². The lowest BCUT2D eigenvalue weighted by molar-refractivity contribution is 0.308. The molecule has 0 radical (unpaired) electrons. The number of aromatic amines is 2. The quantitative estimate of drug-likeness (QED) is 0.673. The molecule has 3 aromatic heterocycles. The van der Waals surface area contributed by atoms with Crippen molar-refractivity contribution in [1.82, 2.24) is 25.3 Å². The van der Waals surface area contributed by atoms with E-state index >= 15 is 0 Å². The molecule has 0 bridgehead atoms. The summed E-state index contributed by atoms with van der Waals surface area (Å²) < 4.78 is 0. The number of aromatic nitrogens is 4. The molecule has 0 saturated carbocycles. The van der Waals surface area contributed by atoms with Gasteiger partial charge in [-0.05, 0) is 45.2 Å². The molecule has 6 nitrogen and oxygen atoms in total. The van der Waals surface area contributed by atoms with E-state index in [0.29, 0.717) is 5.54 Å².